The maximum Gasteiger partial charge on any atom is 0.471 e. The van der Waals surface area contributed by atoms with Crippen molar-refractivity contribution < 1.29 is 22.5 Å². The van der Waals surface area contributed by atoms with Crippen molar-refractivity contribution in [1.29, 1.82) is 0 Å². The molecule has 134 valence electrons. The minimum atomic E-state index is -4.69. The Morgan fingerprint density at radius 2 is 2.00 bits per heavy atom. The number of aromatic nitrogens is 2. The Labute approximate surface area is 141 Å². The van der Waals surface area contributed by atoms with Gasteiger partial charge in [-0.05, 0) is 31.9 Å². The molecule has 2 aromatic rings. The molecule has 9 heteroatoms. The van der Waals surface area contributed by atoms with E-state index in [-0.39, 0.29) is 23.8 Å². The zero-order valence-electron chi connectivity index (χ0n) is 13.5. The second-order valence-electron chi connectivity index (χ2n) is 6.13. The fraction of sp³-hybridized carbons (Fsp3) is 0.438. The highest BCUT2D eigenvalue weighted by Gasteiger charge is 2.38. The Morgan fingerprint density at radius 3 is 2.56 bits per heavy atom. The van der Waals surface area contributed by atoms with Gasteiger partial charge < -0.3 is 15.2 Å². The molecule has 6 nitrogen and oxygen atoms in total. The molecule has 0 saturated carbocycles. The highest BCUT2D eigenvalue weighted by Crippen LogP contribution is 2.29. The van der Waals surface area contributed by atoms with Gasteiger partial charge in [0, 0.05) is 29.8 Å². The number of carbonyl (C=O) groups excluding carboxylic acids is 1. The summed E-state index contributed by atoms with van der Waals surface area (Å²) in [6.45, 7) is 2.53. The molecule has 0 aliphatic carbocycles. The summed E-state index contributed by atoms with van der Waals surface area (Å²) in [7, 11) is 0. The molecule has 3 rings (SSSR count). The van der Waals surface area contributed by atoms with Crippen LogP contribution in [0.5, 0.6) is 0 Å². The van der Waals surface area contributed by atoms with Crippen LogP contribution in [0, 0.1) is 0 Å². The Bertz CT molecular complexity index is 757. The van der Waals surface area contributed by atoms with Gasteiger partial charge in [0.15, 0.2) is 0 Å². The van der Waals surface area contributed by atoms with Gasteiger partial charge in [-0.1, -0.05) is 17.3 Å². The van der Waals surface area contributed by atoms with Crippen molar-refractivity contribution in [2.24, 2.45) is 5.73 Å². The van der Waals surface area contributed by atoms with Crippen molar-refractivity contribution in [1.82, 2.24) is 15.0 Å². The van der Waals surface area contributed by atoms with Crippen molar-refractivity contribution in [3.63, 3.8) is 0 Å². The first-order valence-electron chi connectivity index (χ1n) is 7.83. The molecule has 1 aliphatic rings. The molecule has 1 aromatic heterocycles. The Kier molecular flexibility index (Phi) is 4.51. The Morgan fingerprint density at radius 1 is 1.32 bits per heavy atom. The topological polar surface area (TPSA) is 85.2 Å². The van der Waals surface area contributed by atoms with Crippen molar-refractivity contribution in [2.75, 3.05) is 6.54 Å². The molecular formula is C16H17F3N4O2. The van der Waals surface area contributed by atoms with Crippen LogP contribution in [0.15, 0.2) is 28.8 Å². The number of piperidine rings is 1. The standard InChI is InChI=1S/C16H17F3N4O2/c1-9-8-12(20)6-7-23(9)14(24)11-4-2-10(3-5-11)13-21-15(25-22-13)16(17,18)19/h2-5,9,12H,6-8,20H2,1H3/t9-,12+/m1/s1. The third-order valence-electron chi connectivity index (χ3n) is 4.24. The van der Waals surface area contributed by atoms with Gasteiger partial charge in [0.25, 0.3) is 5.91 Å². The van der Waals surface area contributed by atoms with E-state index in [1.807, 2.05) is 6.92 Å². The van der Waals surface area contributed by atoms with E-state index in [0.29, 0.717) is 17.7 Å². The SMILES string of the molecule is C[C@@H]1C[C@@H](N)CCN1C(=O)c1ccc(-c2noc(C(F)(F)F)n2)cc1. The summed E-state index contributed by atoms with van der Waals surface area (Å²) in [5.41, 5.74) is 6.69. The number of nitrogens with two attached hydrogens (primary N) is 1. The van der Waals surface area contributed by atoms with E-state index in [1.165, 1.54) is 12.1 Å². The fourth-order valence-electron chi connectivity index (χ4n) is 2.89. The van der Waals surface area contributed by atoms with Crippen LogP contribution in [-0.4, -0.2) is 39.6 Å². The van der Waals surface area contributed by atoms with Gasteiger partial charge in [-0.25, -0.2) is 0 Å². The third kappa shape index (κ3) is 3.65. The van der Waals surface area contributed by atoms with Gasteiger partial charge in [-0.15, -0.1) is 0 Å². The van der Waals surface area contributed by atoms with Crippen LogP contribution in [0.4, 0.5) is 13.2 Å². The first-order valence-corrected chi connectivity index (χ1v) is 7.83. The molecule has 0 unspecified atom stereocenters. The lowest BCUT2D eigenvalue weighted by molar-refractivity contribution is -0.159. The fourth-order valence-corrected chi connectivity index (χ4v) is 2.89. The van der Waals surface area contributed by atoms with Crippen LogP contribution in [0.3, 0.4) is 0 Å². The molecule has 1 aromatic carbocycles. The summed E-state index contributed by atoms with van der Waals surface area (Å²) in [6, 6.07) is 6.23. The summed E-state index contributed by atoms with van der Waals surface area (Å²) in [5.74, 6) is -1.71. The molecule has 25 heavy (non-hydrogen) atoms. The summed E-state index contributed by atoms with van der Waals surface area (Å²) in [6.07, 6.45) is -3.20. The lowest BCUT2D eigenvalue weighted by Gasteiger charge is -2.36. The lowest BCUT2D eigenvalue weighted by atomic mass is 9.98. The first kappa shape index (κ1) is 17.4. The van der Waals surface area contributed by atoms with Crippen molar-refractivity contribution in [3.8, 4) is 11.4 Å². The van der Waals surface area contributed by atoms with Crippen LogP contribution in [0.2, 0.25) is 0 Å². The van der Waals surface area contributed by atoms with Crippen LogP contribution in [0.25, 0.3) is 11.4 Å². The average Bonchev–Trinajstić information content (AvgIpc) is 3.05. The van der Waals surface area contributed by atoms with Crippen LogP contribution < -0.4 is 5.73 Å². The second kappa shape index (κ2) is 6.47. The molecule has 0 bridgehead atoms. The van der Waals surface area contributed by atoms with E-state index >= 15 is 0 Å². The molecule has 2 atom stereocenters. The number of halogens is 3. The van der Waals surface area contributed by atoms with Gasteiger partial charge in [-0.2, -0.15) is 18.2 Å². The zero-order chi connectivity index (χ0) is 18.2. The van der Waals surface area contributed by atoms with E-state index in [9.17, 15) is 18.0 Å². The quantitative estimate of drug-likeness (QED) is 0.896. The van der Waals surface area contributed by atoms with Crippen molar-refractivity contribution >= 4 is 5.91 Å². The zero-order valence-corrected chi connectivity index (χ0v) is 13.5. The molecule has 1 fully saturated rings. The number of hydrogen-bond donors (Lipinski definition) is 1. The number of rotatable bonds is 2. The predicted molar refractivity (Wildman–Crippen MR) is 82.4 cm³/mol. The molecule has 0 radical (unpaired) electrons. The van der Waals surface area contributed by atoms with E-state index in [4.69, 9.17) is 5.73 Å². The first-order chi connectivity index (χ1) is 11.8. The largest absolute Gasteiger partial charge is 0.471 e. The molecular weight excluding hydrogens is 337 g/mol. The number of hydrogen-bond acceptors (Lipinski definition) is 5. The Balaban J connectivity index is 1.76. The average molecular weight is 354 g/mol. The minimum absolute atomic E-state index is 0.0440. The van der Waals surface area contributed by atoms with Gasteiger partial charge in [0.1, 0.15) is 0 Å². The summed E-state index contributed by atoms with van der Waals surface area (Å²) < 4.78 is 41.7. The van der Waals surface area contributed by atoms with Gasteiger partial charge in [0.2, 0.25) is 5.82 Å². The highest BCUT2D eigenvalue weighted by molar-refractivity contribution is 5.94. The highest BCUT2D eigenvalue weighted by atomic mass is 19.4. The number of carbonyl (C=O) groups is 1. The summed E-state index contributed by atoms with van der Waals surface area (Å²) in [4.78, 5) is 17.7. The number of amides is 1. The van der Waals surface area contributed by atoms with Gasteiger partial charge in [-0.3, -0.25) is 4.79 Å². The second-order valence-corrected chi connectivity index (χ2v) is 6.13. The lowest BCUT2D eigenvalue weighted by Crippen LogP contribution is -2.48. The molecule has 1 aliphatic heterocycles. The maximum atomic E-state index is 12.6. The van der Waals surface area contributed by atoms with Crippen molar-refractivity contribution in [2.45, 2.75) is 38.0 Å². The number of likely N-dealkylation sites (tertiary alicyclic amines) is 1. The maximum absolute atomic E-state index is 12.6. The van der Waals surface area contributed by atoms with Crippen LogP contribution in [0.1, 0.15) is 36.0 Å². The third-order valence-corrected chi connectivity index (χ3v) is 4.24. The number of benzene rings is 1. The smallest absolute Gasteiger partial charge is 0.336 e. The van der Waals surface area contributed by atoms with Crippen LogP contribution in [-0.2, 0) is 6.18 Å². The monoisotopic (exact) mass is 354 g/mol. The summed E-state index contributed by atoms with van der Waals surface area (Å²) >= 11 is 0. The normalized spacial score (nSPS) is 21.4. The van der Waals surface area contributed by atoms with E-state index < -0.39 is 12.1 Å². The molecule has 2 N–H and O–H groups in total. The van der Waals surface area contributed by atoms with E-state index in [1.54, 1.807) is 17.0 Å². The van der Waals surface area contributed by atoms with E-state index in [0.717, 1.165) is 12.8 Å². The predicted octanol–water partition coefficient (Wildman–Crippen LogP) is 2.71. The molecule has 0 spiro atoms. The van der Waals surface area contributed by atoms with Crippen LogP contribution >= 0.6 is 0 Å². The molecule has 1 amide bonds. The van der Waals surface area contributed by atoms with Gasteiger partial charge in [0.05, 0.1) is 0 Å². The van der Waals surface area contributed by atoms with Crippen molar-refractivity contribution in [3.05, 3.63) is 35.7 Å². The number of nitrogens with zero attached hydrogens (tertiary/aromatic N) is 3. The number of alkyl halides is 3. The molecule has 1 saturated heterocycles. The molecule has 2 heterocycles. The van der Waals surface area contributed by atoms with Gasteiger partial charge >= 0.3 is 12.1 Å². The van der Waals surface area contributed by atoms with E-state index in [2.05, 4.69) is 14.7 Å². The Hall–Kier alpha value is -2.42. The summed E-state index contributed by atoms with van der Waals surface area (Å²) in [5, 5.41) is 3.32. The minimum Gasteiger partial charge on any atom is -0.336 e.